The molecule has 1 aliphatic rings. The first-order valence-corrected chi connectivity index (χ1v) is 12.0. The Labute approximate surface area is 210 Å². The molecule has 0 atom stereocenters. The number of nitrogens with zero attached hydrogens (tertiary/aromatic N) is 2. The third kappa shape index (κ3) is 4.56. The van der Waals surface area contributed by atoms with Gasteiger partial charge in [-0.05, 0) is 86.4 Å². The summed E-state index contributed by atoms with van der Waals surface area (Å²) in [5.41, 5.74) is 5.52. The summed E-state index contributed by atoms with van der Waals surface area (Å²) in [6.07, 6.45) is 5.03. The number of hydrogen-bond donors (Lipinski definition) is 1. The molecule has 0 spiro atoms. The Balaban J connectivity index is 1.70. The number of nitrogens with one attached hydrogen (secondary N) is 1. The van der Waals surface area contributed by atoms with Crippen LogP contribution in [0.25, 0.3) is 11.8 Å². The summed E-state index contributed by atoms with van der Waals surface area (Å²) < 4.78 is 2.12. The van der Waals surface area contributed by atoms with Crippen LogP contribution in [0.2, 0.25) is 5.02 Å². The van der Waals surface area contributed by atoms with Crippen LogP contribution in [0.3, 0.4) is 0 Å². The van der Waals surface area contributed by atoms with E-state index in [2.05, 4.69) is 41.1 Å². The van der Waals surface area contributed by atoms with Crippen molar-refractivity contribution >= 4 is 52.5 Å². The van der Waals surface area contributed by atoms with Crippen LogP contribution in [-0.2, 0) is 16.0 Å². The van der Waals surface area contributed by atoms with Crippen molar-refractivity contribution in [2.75, 3.05) is 4.90 Å². The van der Waals surface area contributed by atoms with E-state index in [0.29, 0.717) is 10.7 Å². The molecular formula is C27H26ClN3O2S. The number of hydrogen-bond acceptors (Lipinski definition) is 3. The molecule has 1 aliphatic heterocycles. The zero-order valence-corrected chi connectivity index (χ0v) is 21.0. The molecule has 2 heterocycles. The number of amides is 2. The number of anilines is 1. The van der Waals surface area contributed by atoms with E-state index in [-0.39, 0.29) is 10.7 Å². The molecule has 0 saturated carbocycles. The van der Waals surface area contributed by atoms with Gasteiger partial charge in [0.2, 0.25) is 0 Å². The van der Waals surface area contributed by atoms with E-state index in [1.54, 1.807) is 30.3 Å². The minimum absolute atomic E-state index is 0.00341. The van der Waals surface area contributed by atoms with Crippen molar-refractivity contribution in [1.29, 1.82) is 0 Å². The second-order valence-electron chi connectivity index (χ2n) is 8.34. The third-order valence-electron chi connectivity index (χ3n) is 5.98. The number of para-hydroxylation sites is 1. The minimum atomic E-state index is -0.525. The van der Waals surface area contributed by atoms with Crippen LogP contribution >= 0.6 is 23.8 Å². The Hall–Kier alpha value is -3.22. The van der Waals surface area contributed by atoms with Crippen molar-refractivity contribution in [3.63, 3.8) is 0 Å². The summed E-state index contributed by atoms with van der Waals surface area (Å²) >= 11 is 11.6. The first kappa shape index (κ1) is 23.9. The number of thiocarbonyl (C=S) groups is 1. The highest BCUT2D eigenvalue weighted by Gasteiger charge is 2.35. The van der Waals surface area contributed by atoms with Gasteiger partial charge in [0.25, 0.3) is 11.8 Å². The highest BCUT2D eigenvalue weighted by atomic mass is 35.5. The number of carbonyl (C=O) groups is 2. The molecule has 7 heteroatoms. The average Bonchev–Trinajstić information content (AvgIpc) is 3.09. The normalized spacial score (nSPS) is 15.2. The number of carbonyl (C=O) groups excluding carboxylic acids is 2. The van der Waals surface area contributed by atoms with Crippen LogP contribution in [0, 0.1) is 13.8 Å². The van der Waals surface area contributed by atoms with E-state index in [1.807, 2.05) is 19.9 Å². The summed E-state index contributed by atoms with van der Waals surface area (Å²) in [6, 6.07) is 17.4. The van der Waals surface area contributed by atoms with Crippen LogP contribution in [0.5, 0.6) is 0 Å². The van der Waals surface area contributed by atoms with Gasteiger partial charge in [-0.3, -0.25) is 19.8 Å². The Morgan fingerprint density at radius 3 is 2.44 bits per heavy atom. The molecule has 1 N–H and O–H groups in total. The maximum absolute atomic E-state index is 13.3. The molecule has 1 aromatic heterocycles. The molecule has 2 aromatic carbocycles. The lowest BCUT2D eigenvalue weighted by atomic mass is 10.1. The van der Waals surface area contributed by atoms with Gasteiger partial charge in [0.05, 0.1) is 10.7 Å². The maximum atomic E-state index is 13.3. The predicted octanol–water partition coefficient (Wildman–Crippen LogP) is 5.92. The molecule has 1 saturated heterocycles. The van der Waals surface area contributed by atoms with Crippen molar-refractivity contribution in [2.24, 2.45) is 0 Å². The molecule has 34 heavy (non-hydrogen) atoms. The second kappa shape index (κ2) is 9.95. The predicted molar refractivity (Wildman–Crippen MR) is 142 cm³/mol. The van der Waals surface area contributed by atoms with Crippen molar-refractivity contribution in [2.45, 2.75) is 40.0 Å². The van der Waals surface area contributed by atoms with Gasteiger partial charge in [0.15, 0.2) is 5.11 Å². The van der Waals surface area contributed by atoms with E-state index < -0.39 is 11.8 Å². The number of rotatable bonds is 6. The molecule has 1 fully saturated rings. The molecule has 0 radical (unpaired) electrons. The summed E-state index contributed by atoms with van der Waals surface area (Å²) in [5.74, 6) is -1.03. The fourth-order valence-corrected chi connectivity index (χ4v) is 4.68. The maximum Gasteiger partial charge on any atom is 0.270 e. The Bertz CT molecular complexity index is 1310. The number of benzene rings is 2. The van der Waals surface area contributed by atoms with Crippen LogP contribution in [-0.4, -0.2) is 21.5 Å². The Kier molecular flexibility index (Phi) is 7.00. The smallest absolute Gasteiger partial charge is 0.270 e. The lowest BCUT2D eigenvalue weighted by Gasteiger charge is -2.29. The van der Waals surface area contributed by atoms with Crippen LogP contribution < -0.4 is 10.2 Å². The van der Waals surface area contributed by atoms with E-state index in [0.717, 1.165) is 29.1 Å². The number of halogens is 1. The summed E-state index contributed by atoms with van der Waals surface area (Å²) in [4.78, 5) is 27.3. The first-order chi connectivity index (χ1) is 16.3. The van der Waals surface area contributed by atoms with Gasteiger partial charge in [0.1, 0.15) is 5.57 Å². The summed E-state index contributed by atoms with van der Waals surface area (Å²) in [7, 11) is 0. The molecule has 0 bridgehead atoms. The molecule has 0 unspecified atom stereocenters. The summed E-state index contributed by atoms with van der Waals surface area (Å²) in [5, 5.41) is 2.99. The largest absolute Gasteiger partial charge is 0.318 e. The fraction of sp³-hybridized carbons (Fsp3) is 0.222. The lowest BCUT2D eigenvalue weighted by Crippen LogP contribution is -2.54. The van der Waals surface area contributed by atoms with Crippen LogP contribution in [0.1, 0.15) is 42.3 Å². The number of aryl methyl sites for hydroxylation is 2. The highest BCUT2D eigenvalue weighted by Crippen LogP contribution is 2.30. The van der Waals surface area contributed by atoms with Crippen molar-refractivity contribution in [3.05, 3.63) is 87.7 Å². The van der Waals surface area contributed by atoms with E-state index >= 15 is 0 Å². The van der Waals surface area contributed by atoms with Gasteiger partial charge in [-0.1, -0.05) is 49.2 Å². The van der Waals surface area contributed by atoms with Gasteiger partial charge in [-0.15, -0.1) is 0 Å². The van der Waals surface area contributed by atoms with E-state index in [4.69, 9.17) is 23.8 Å². The topological polar surface area (TPSA) is 54.3 Å². The zero-order chi connectivity index (χ0) is 24.4. The lowest BCUT2D eigenvalue weighted by molar-refractivity contribution is -0.122. The number of aromatic nitrogens is 1. The highest BCUT2D eigenvalue weighted by molar-refractivity contribution is 7.80. The van der Waals surface area contributed by atoms with Crippen molar-refractivity contribution in [3.8, 4) is 5.69 Å². The Morgan fingerprint density at radius 1 is 1.06 bits per heavy atom. The molecule has 2 amide bonds. The van der Waals surface area contributed by atoms with Crippen molar-refractivity contribution < 1.29 is 9.59 Å². The first-order valence-electron chi connectivity index (χ1n) is 11.3. The monoisotopic (exact) mass is 491 g/mol. The third-order valence-corrected chi connectivity index (χ3v) is 6.58. The average molecular weight is 492 g/mol. The fourth-order valence-electron chi connectivity index (χ4n) is 4.19. The summed E-state index contributed by atoms with van der Waals surface area (Å²) in [6.45, 7) is 6.18. The minimum Gasteiger partial charge on any atom is -0.318 e. The van der Waals surface area contributed by atoms with E-state index in [1.165, 1.54) is 23.3 Å². The molecule has 4 rings (SSSR count). The molecule has 3 aromatic rings. The molecular weight excluding hydrogens is 466 g/mol. The van der Waals surface area contributed by atoms with Gasteiger partial charge in [0, 0.05) is 17.1 Å². The standard InChI is InChI=1S/C27H26ClN3O2S/c1-4-5-8-19-11-13-21(14-12-19)30-17(2)15-20(18(30)3)16-22-25(32)29-27(34)31(26(22)33)24-10-7-6-9-23(24)28/h6-7,9-16H,4-5,8H2,1-3H3,(H,29,32,34)/b22-16+. The second-order valence-corrected chi connectivity index (χ2v) is 9.14. The SMILES string of the molecule is CCCCc1ccc(-n2c(C)cc(/C=C3\C(=O)NC(=S)N(c4ccccc4Cl)C3=O)c2C)cc1. The zero-order valence-electron chi connectivity index (χ0n) is 19.4. The Morgan fingerprint density at radius 2 is 1.76 bits per heavy atom. The quantitative estimate of drug-likeness (QED) is 0.264. The van der Waals surface area contributed by atoms with Gasteiger partial charge < -0.3 is 4.57 Å². The van der Waals surface area contributed by atoms with Crippen molar-refractivity contribution in [1.82, 2.24) is 9.88 Å². The van der Waals surface area contributed by atoms with Gasteiger partial charge in [-0.2, -0.15) is 0 Å². The van der Waals surface area contributed by atoms with Crippen LogP contribution in [0.4, 0.5) is 5.69 Å². The van der Waals surface area contributed by atoms with Gasteiger partial charge >= 0.3 is 0 Å². The van der Waals surface area contributed by atoms with Gasteiger partial charge in [-0.25, -0.2) is 0 Å². The molecule has 174 valence electrons. The van der Waals surface area contributed by atoms with E-state index in [9.17, 15) is 9.59 Å². The number of unbranched alkanes of at least 4 members (excludes halogenated alkanes) is 1. The molecule has 0 aliphatic carbocycles. The van der Waals surface area contributed by atoms with Crippen LogP contribution in [0.15, 0.2) is 60.2 Å². The molecule has 5 nitrogen and oxygen atoms in total.